The van der Waals surface area contributed by atoms with Crippen molar-refractivity contribution in [3.05, 3.63) is 35.4 Å². The van der Waals surface area contributed by atoms with E-state index in [9.17, 15) is 0 Å². The van der Waals surface area contributed by atoms with Gasteiger partial charge in [-0.25, -0.2) is 0 Å². The highest BCUT2D eigenvalue weighted by Gasteiger charge is 2.30. The van der Waals surface area contributed by atoms with Gasteiger partial charge in [0, 0.05) is 32.7 Å². The standard InChI is InChI=1S/C17H24N2O3/c1-2-4-14(13(3-1)5-18-6-15-10-20-15)7-19(8-16-11-21-16)9-17-12-22-17/h1-4,15-18H,5-12H2. The van der Waals surface area contributed by atoms with E-state index in [4.69, 9.17) is 14.2 Å². The number of benzene rings is 1. The van der Waals surface area contributed by atoms with Crippen LogP contribution in [0.4, 0.5) is 0 Å². The molecule has 0 saturated carbocycles. The van der Waals surface area contributed by atoms with Crippen molar-refractivity contribution in [1.82, 2.24) is 10.2 Å². The highest BCUT2D eigenvalue weighted by Crippen LogP contribution is 2.19. The maximum absolute atomic E-state index is 5.40. The maximum Gasteiger partial charge on any atom is 0.0936 e. The van der Waals surface area contributed by atoms with E-state index in [0.29, 0.717) is 18.3 Å². The summed E-state index contributed by atoms with van der Waals surface area (Å²) in [5.41, 5.74) is 2.77. The fraction of sp³-hybridized carbons (Fsp3) is 0.647. The molecule has 1 N–H and O–H groups in total. The molecule has 3 saturated heterocycles. The Morgan fingerprint density at radius 1 is 0.909 bits per heavy atom. The molecule has 0 aliphatic carbocycles. The molecule has 0 amide bonds. The molecule has 3 fully saturated rings. The van der Waals surface area contributed by atoms with Crippen LogP contribution in [0.3, 0.4) is 0 Å². The SMILES string of the molecule is c1ccc(CN(CC2CO2)CC2CO2)c(CNCC2CO2)c1. The van der Waals surface area contributed by atoms with Gasteiger partial charge in [0.2, 0.25) is 0 Å². The van der Waals surface area contributed by atoms with E-state index in [-0.39, 0.29) is 0 Å². The molecule has 0 aromatic heterocycles. The van der Waals surface area contributed by atoms with Gasteiger partial charge >= 0.3 is 0 Å². The summed E-state index contributed by atoms with van der Waals surface area (Å²) in [6, 6.07) is 8.70. The molecule has 0 bridgehead atoms. The summed E-state index contributed by atoms with van der Waals surface area (Å²) >= 11 is 0. The van der Waals surface area contributed by atoms with Crippen LogP contribution >= 0.6 is 0 Å². The van der Waals surface area contributed by atoms with Crippen molar-refractivity contribution in [1.29, 1.82) is 0 Å². The Morgan fingerprint density at radius 3 is 2.09 bits per heavy atom. The lowest BCUT2D eigenvalue weighted by Crippen LogP contribution is -2.32. The number of rotatable bonds is 10. The van der Waals surface area contributed by atoms with Gasteiger partial charge in [0.05, 0.1) is 38.1 Å². The molecule has 5 heteroatoms. The van der Waals surface area contributed by atoms with Crippen LogP contribution in [0.5, 0.6) is 0 Å². The number of nitrogens with zero attached hydrogens (tertiary/aromatic N) is 1. The normalized spacial score (nSPS) is 28.9. The van der Waals surface area contributed by atoms with Gasteiger partial charge in [-0.05, 0) is 11.1 Å². The second kappa shape index (κ2) is 6.64. The van der Waals surface area contributed by atoms with Crippen molar-refractivity contribution in [2.45, 2.75) is 31.4 Å². The van der Waals surface area contributed by atoms with Crippen molar-refractivity contribution in [3.8, 4) is 0 Å². The predicted octanol–water partition coefficient (Wildman–Crippen LogP) is 0.775. The zero-order valence-corrected chi connectivity index (χ0v) is 12.9. The van der Waals surface area contributed by atoms with E-state index >= 15 is 0 Å². The highest BCUT2D eigenvalue weighted by molar-refractivity contribution is 5.27. The van der Waals surface area contributed by atoms with Crippen molar-refractivity contribution < 1.29 is 14.2 Å². The molecule has 4 rings (SSSR count). The first-order valence-electron chi connectivity index (χ1n) is 8.21. The largest absolute Gasteiger partial charge is 0.372 e. The van der Waals surface area contributed by atoms with E-state index < -0.39 is 0 Å². The van der Waals surface area contributed by atoms with Crippen LogP contribution in [0.2, 0.25) is 0 Å². The minimum Gasteiger partial charge on any atom is -0.372 e. The summed E-state index contributed by atoms with van der Waals surface area (Å²) < 4.78 is 16.0. The molecule has 3 heterocycles. The molecule has 0 radical (unpaired) electrons. The maximum atomic E-state index is 5.40. The third-order valence-electron chi connectivity index (χ3n) is 4.33. The number of nitrogens with one attached hydrogen (secondary N) is 1. The zero-order valence-electron chi connectivity index (χ0n) is 12.9. The van der Waals surface area contributed by atoms with Gasteiger partial charge in [0.15, 0.2) is 0 Å². The van der Waals surface area contributed by atoms with Crippen molar-refractivity contribution >= 4 is 0 Å². The van der Waals surface area contributed by atoms with Crippen LogP contribution in [-0.4, -0.2) is 62.7 Å². The molecule has 1 aromatic rings. The fourth-order valence-corrected chi connectivity index (χ4v) is 2.81. The molecule has 3 atom stereocenters. The van der Waals surface area contributed by atoms with Gasteiger partial charge in [0.1, 0.15) is 0 Å². The lowest BCUT2D eigenvalue weighted by Gasteiger charge is -2.22. The average molecular weight is 304 g/mol. The van der Waals surface area contributed by atoms with Crippen LogP contribution in [0.1, 0.15) is 11.1 Å². The monoisotopic (exact) mass is 304 g/mol. The Bertz CT molecular complexity index is 484. The van der Waals surface area contributed by atoms with Gasteiger partial charge in [-0.3, -0.25) is 4.90 Å². The van der Waals surface area contributed by atoms with E-state index in [0.717, 1.165) is 52.5 Å². The zero-order chi connectivity index (χ0) is 14.8. The second-order valence-electron chi connectivity index (χ2n) is 6.46. The highest BCUT2D eigenvalue weighted by atomic mass is 16.6. The second-order valence-corrected chi connectivity index (χ2v) is 6.46. The van der Waals surface area contributed by atoms with E-state index in [2.05, 4.69) is 34.5 Å². The lowest BCUT2D eigenvalue weighted by molar-refractivity contribution is 0.212. The number of hydrogen-bond acceptors (Lipinski definition) is 5. The first-order valence-corrected chi connectivity index (χ1v) is 8.21. The van der Waals surface area contributed by atoms with Gasteiger partial charge in [-0.2, -0.15) is 0 Å². The molecule has 3 aliphatic rings. The Kier molecular flexibility index (Phi) is 4.41. The number of hydrogen-bond donors (Lipinski definition) is 1. The topological polar surface area (TPSA) is 52.9 Å². The molecule has 0 spiro atoms. The van der Waals surface area contributed by atoms with Crippen molar-refractivity contribution in [3.63, 3.8) is 0 Å². The van der Waals surface area contributed by atoms with Gasteiger partial charge in [0.25, 0.3) is 0 Å². The Morgan fingerprint density at radius 2 is 1.50 bits per heavy atom. The number of epoxide rings is 3. The molecule has 120 valence electrons. The lowest BCUT2D eigenvalue weighted by atomic mass is 10.1. The van der Waals surface area contributed by atoms with Crippen molar-refractivity contribution in [2.75, 3.05) is 39.5 Å². The quantitative estimate of drug-likeness (QED) is 0.647. The minimum absolute atomic E-state index is 0.427. The van der Waals surface area contributed by atoms with Crippen LogP contribution in [0, 0.1) is 0 Å². The molecule has 22 heavy (non-hydrogen) atoms. The third kappa shape index (κ3) is 4.51. The average Bonchev–Trinajstić information content (AvgIpc) is 3.34. The van der Waals surface area contributed by atoms with Gasteiger partial charge in [-0.1, -0.05) is 24.3 Å². The van der Waals surface area contributed by atoms with Gasteiger partial charge < -0.3 is 19.5 Å². The van der Waals surface area contributed by atoms with E-state index in [1.807, 2.05) is 0 Å². The Labute approximate surface area is 131 Å². The first kappa shape index (κ1) is 14.6. The Hall–Kier alpha value is -0.980. The van der Waals surface area contributed by atoms with Crippen LogP contribution in [0.15, 0.2) is 24.3 Å². The van der Waals surface area contributed by atoms with E-state index in [1.54, 1.807) is 0 Å². The summed E-state index contributed by atoms with van der Waals surface area (Å²) in [4.78, 5) is 2.47. The van der Waals surface area contributed by atoms with E-state index in [1.165, 1.54) is 11.1 Å². The minimum atomic E-state index is 0.427. The molecule has 3 unspecified atom stereocenters. The molecular weight excluding hydrogens is 280 g/mol. The third-order valence-corrected chi connectivity index (χ3v) is 4.33. The fourth-order valence-electron chi connectivity index (χ4n) is 2.81. The summed E-state index contributed by atoms with van der Waals surface area (Å²) in [6.07, 6.45) is 1.29. The molecule has 5 nitrogen and oxygen atoms in total. The van der Waals surface area contributed by atoms with Crippen LogP contribution in [0.25, 0.3) is 0 Å². The Balaban J connectivity index is 1.35. The van der Waals surface area contributed by atoms with Crippen LogP contribution in [-0.2, 0) is 27.3 Å². The summed E-state index contributed by atoms with van der Waals surface area (Å²) in [7, 11) is 0. The molecule has 1 aromatic carbocycles. The molecular formula is C17H24N2O3. The predicted molar refractivity (Wildman–Crippen MR) is 82.6 cm³/mol. The summed E-state index contributed by atoms with van der Waals surface area (Å²) in [5.74, 6) is 0. The van der Waals surface area contributed by atoms with Gasteiger partial charge in [-0.15, -0.1) is 0 Å². The molecule has 3 aliphatic heterocycles. The first-order chi connectivity index (χ1) is 10.9. The number of ether oxygens (including phenoxy) is 3. The smallest absolute Gasteiger partial charge is 0.0936 e. The summed E-state index contributed by atoms with van der Waals surface area (Å²) in [6.45, 7) is 7.57. The van der Waals surface area contributed by atoms with Crippen LogP contribution < -0.4 is 5.32 Å². The summed E-state index contributed by atoms with van der Waals surface area (Å²) in [5, 5.41) is 3.49. The van der Waals surface area contributed by atoms with Crippen molar-refractivity contribution in [2.24, 2.45) is 0 Å².